The van der Waals surface area contributed by atoms with Crippen molar-refractivity contribution < 1.29 is 12.3 Å². The van der Waals surface area contributed by atoms with Crippen LogP contribution in [0.25, 0.3) is 0 Å². The van der Waals surface area contributed by atoms with Crippen LogP contribution in [-0.4, -0.2) is 14.2 Å². The maximum Gasteiger partial charge on any atom is 0.302 e. The summed E-state index contributed by atoms with van der Waals surface area (Å²) >= 11 is 0. The molecule has 0 unspecified atom stereocenters. The Balaban J connectivity index is 3.12. The molecule has 12 heavy (non-hydrogen) atoms. The van der Waals surface area contributed by atoms with Gasteiger partial charge in [0.2, 0.25) is 0 Å². The van der Waals surface area contributed by atoms with Gasteiger partial charge >= 0.3 is 10.2 Å². The topological polar surface area (TPSA) is 34.1 Å². The Hall–Kier alpha value is -0.120. The predicted octanol–water partition coefficient (Wildman–Crippen LogP) is 2.65. The standard InChI is InChI=1S/C8H17FO2S/c1-2-3-4-5-6-7-8-12(9,10)11/h2-8H2,1H3. The molecule has 0 fully saturated rings. The van der Waals surface area contributed by atoms with Crippen LogP contribution >= 0.6 is 0 Å². The average molecular weight is 196 g/mol. The lowest BCUT2D eigenvalue weighted by Gasteiger charge is -1.97. The minimum absolute atomic E-state index is 0.306. The first-order chi connectivity index (χ1) is 5.56. The van der Waals surface area contributed by atoms with E-state index < -0.39 is 10.2 Å². The predicted molar refractivity (Wildman–Crippen MR) is 48.3 cm³/mol. The van der Waals surface area contributed by atoms with Gasteiger partial charge in [-0.3, -0.25) is 0 Å². The van der Waals surface area contributed by atoms with Crippen LogP contribution in [0.1, 0.15) is 45.4 Å². The minimum Gasteiger partial charge on any atom is -0.195 e. The molecular formula is C8H17FO2S. The van der Waals surface area contributed by atoms with E-state index in [-0.39, 0.29) is 5.75 Å². The molecule has 0 spiro atoms. The van der Waals surface area contributed by atoms with E-state index in [1.807, 2.05) is 0 Å². The van der Waals surface area contributed by atoms with E-state index in [1.54, 1.807) is 0 Å². The summed E-state index contributed by atoms with van der Waals surface area (Å²) < 4.78 is 32.0. The highest BCUT2D eigenvalue weighted by molar-refractivity contribution is 7.86. The zero-order valence-corrected chi connectivity index (χ0v) is 8.37. The van der Waals surface area contributed by atoms with E-state index in [1.165, 1.54) is 12.8 Å². The summed E-state index contributed by atoms with van der Waals surface area (Å²) in [5, 5.41) is 0. The second-order valence-corrected chi connectivity index (χ2v) is 4.50. The van der Waals surface area contributed by atoms with Crippen LogP contribution in [0, 0.1) is 0 Å². The Morgan fingerprint density at radius 2 is 1.50 bits per heavy atom. The normalized spacial score (nSPS) is 11.8. The fourth-order valence-electron chi connectivity index (χ4n) is 1.05. The molecule has 74 valence electrons. The van der Waals surface area contributed by atoms with Gasteiger partial charge in [0.1, 0.15) is 0 Å². The maximum atomic E-state index is 11.9. The first kappa shape index (κ1) is 11.9. The minimum atomic E-state index is -4.22. The maximum absolute atomic E-state index is 11.9. The van der Waals surface area contributed by atoms with Gasteiger partial charge in [-0.1, -0.05) is 39.0 Å². The van der Waals surface area contributed by atoms with E-state index in [2.05, 4.69) is 6.92 Å². The van der Waals surface area contributed by atoms with E-state index in [9.17, 15) is 12.3 Å². The Morgan fingerprint density at radius 1 is 1.00 bits per heavy atom. The molecule has 2 nitrogen and oxygen atoms in total. The molecule has 0 N–H and O–H groups in total. The number of halogens is 1. The third-order valence-corrected chi connectivity index (χ3v) is 2.52. The van der Waals surface area contributed by atoms with Crippen molar-refractivity contribution in [3.63, 3.8) is 0 Å². The van der Waals surface area contributed by atoms with Gasteiger partial charge in [-0.05, 0) is 6.42 Å². The quantitative estimate of drug-likeness (QED) is 0.463. The Labute approximate surface area is 74.4 Å². The van der Waals surface area contributed by atoms with Crippen LogP contribution in [0.2, 0.25) is 0 Å². The van der Waals surface area contributed by atoms with Crippen molar-refractivity contribution in [3.8, 4) is 0 Å². The molecule has 0 saturated carbocycles. The number of unbranched alkanes of at least 4 members (excludes halogenated alkanes) is 5. The number of rotatable bonds is 7. The highest BCUT2D eigenvalue weighted by atomic mass is 32.3. The van der Waals surface area contributed by atoms with Gasteiger partial charge in [0.25, 0.3) is 0 Å². The van der Waals surface area contributed by atoms with Gasteiger partial charge < -0.3 is 0 Å². The molecule has 0 aromatic heterocycles. The van der Waals surface area contributed by atoms with Crippen molar-refractivity contribution in [1.82, 2.24) is 0 Å². The third kappa shape index (κ3) is 9.88. The molecular weight excluding hydrogens is 179 g/mol. The SMILES string of the molecule is CCCCCCCCS(=O)(=O)F. The number of hydrogen-bond acceptors (Lipinski definition) is 2. The van der Waals surface area contributed by atoms with E-state index in [0.717, 1.165) is 19.3 Å². The summed E-state index contributed by atoms with van der Waals surface area (Å²) in [7, 11) is -4.22. The van der Waals surface area contributed by atoms with Gasteiger partial charge in [0.15, 0.2) is 0 Å². The Kier molecular flexibility index (Phi) is 6.34. The molecule has 4 heteroatoms. The monoisotopic (exact) mass is 196 g/mol. The molecule has 0 heterocycles. The van der Waals surface area contributed by atoms with Crippen molar-refractivity contribution in [2.75, 3.05) is 5.75 Å². The first-order valence-corrected chi connectivity index (χ1v) is 6.04. The van der Waals surface area contributed by atoms with Crippen molar-refractivity contribution in [3.05, 3.63) is 0 Å². The van der Waals surface area contributed by atoms with E-state index in [4.69, 9.17) is 0 Å². The first-order valence-electron chi connectivity index (χ1n) is 4.48. The Bertz CT molecular complexity index is 187. The molecule has 0 bridgehead atoms. The molecule has 0 aromatic carbocycles. The zero-order valence-electron chi connectivity index (χ0n) is 7.55. The second-order valence-electron chi connectivity index (χ2n) is 3.01. The summed E-state index contributed by atoms with van der Waals surface area (Å²) in [5.41, 5.74) is 0. The van der Waals surface area contributed by atoms with Crippen LogP contribution in [-0.2, 0) is 10.2 Å². The molecule has 0 atom stereocenters. The highest BCUT2D eigenvalue weighted by Crippen LogP contribution is 2.06. The zero-order chi connectivity index (χ0) is 9.45. The smallest absolute Gasteiger partial charge is 0.195 e. The van der Waals surface area contributed by atoms with Crippen LogP contribution in [0.15, 0.2) is 0 Å². The van der Waals surface area contributed by atoms with Crippen LogP contribution < -0.4 is 0 Å². The molecule has 0 radical (unpaired) electrons. The molecule has 0 aromatic rings. The molecule has 0 aliphatic rings. The summed E-state index contributed by atoms with van der Waals surface area (Å²) in [4.78, 5) is 0. The lowest BCUT2D eigenvalue weighted by atomic mass is 10.1. The molecule has 0 aliphatic heterocycles. The second kappa shape index (κ2) is 6.40. The summed E-state index contributed by atoms with van der Waals surface area (Å²) in [5.74, 6) is -0.306. The molecule has 0 aliphatic carbocycles. The van der Waals surface area contributed by atoms with Gasteiger partial charge in [-0.15, -0.1) is 3.89 Å². The largest absolute Gasteiger partial charge is 0.302 e. The molecule has 0 rings (SSSR count). The van der Waals surface area contributed by atoms with Crippen molar-refractivity contribution in [2.24, 2.45) is 0 Å². The van der Waals surface area contributed by atoms with Gasteiger partial charge in [-0.2, -0.15) is 8.42 Å². The molecule has 0 amide bonds. The van der Waals surface area contributed by atoms with Gasteiger partial charge in [0.05, 0.1) is 5.75 Å². The Morgan fingerprint density at radius 3 is 2.00 bits per heavy atom. The fourth-order valence-corrected chi connectivity index (χ4v) is 1.60. The van der Waals surface area contributed by atoms with E-state index >= 15 is 0 Å². The van der Waals surface area contributed by atoms with Crippen LogP contribution in [0.4, 0.5) is 3.89 Å². The lowest BCUT2D eigenvalue weighted by Crippen LogP contribution is -1.97. The lowest BCUT2D eigenvalue weighted by molar-refractivity contribution is 0.544. The van der Waals surface area contributed by atoms with E-state index in [0.29, 0.717) is 6.42 Å². The summed E-state index contributed by atoms with van der Waals surface area (Å²) in [6.45, 7) is 2.12. The van der Waals surface area contributed by atoms with Crippen LogP contribution in [0.5, 0.6) is 0 Å². The van der Waals surface area contributed by atoms with Crippen molar-refractivity contribution in [2.45, 2.75) is 45.4 Å². The number of hydrogen-bond donors (Lipinski definition) is 0. The van der Waals surface area contributed by atoms with Crippen molar-refractivity contribution >= 4 is 10.2 Å². The highest BCUT2D eigenvalue weighted by Gasteiger charge is 2.04. The van der Waals surface area contributed by atoms with Crippen molar-refractivity contribution in [1.29, 1.82) is 0 Å². The van der Waals surface area contributed by atoms with Crippen LogP contribution in [0.3, 0.4) is 0 Å². The summed E-state index contributed by atoms with van der Waals surface area (Å²) in [6.07, 6.45) is 5.78. The summed E-state index contributed by atoms with van der Waals surface area (Å²) in [6, 6.07) is 0. The van der Waals surface area contributed by atoms with Gasteiger partial charge in [0, 0.05) is 0 Å². The molecule has 0 saturated heterocycles. The third-order valence-electron chi connectivity index (χ3n) is 1.74. The van der Waals surface area contributed by atoms with Gasteiger partial charge in [-0.25, -0.2) is 0 Å². The average Bonchev–Trinajstić information content (AvgIpc) is 1.94. The fraction of sp³-hybridized carbons (Fsp3) is 1.00.